The molecule has 0 amide bonds. The van der Waals surface area contributed by atoms with Crippen molar-refractivity contribution in [3.8, 4) is 0 Å². The lowest BCUT2D eigenvalue weighted by atomic mass is 10.4. The van der Waals surface area contributed by atoms with E-state index in [1.165, 1.54) is 5.69 Å². The van der Waals surface area contributed by atoms with E-state index in [9.17, 15) is 0 Å². The molecule has 0 aromatic carbocycles. The second-order valence-corrected chi connectivity index (χ2v) is 2.44. The summed E-state index contributed by atoms with van der Waals surface area (Å²) in [5, 5.41) is 4.24. The van der Waals surface area contributed by atoms with E-state index in [0.29, 0.717) is 6.54 Å². The molecule has 3 nitrogen and oxygen atoms in total. The van der Waals surface area contributed by atoms with Gasteiger partial charge in [0, 0.05) is 12.2 Å². The van der Waals surface area contributed by atoms with Gasteiger partial charge in [-0.15, -0.1) is 12.4 Å². The van der Waals surface area contributed by atoms with E-state index in [4.69, 9.17) is 5.73 Å². The number of aryl methyl sites for hydroxylation is 2. The summed E-state index contributed by atoms with van der Waals surface area (Å²) in [6.07, 6.45) is 0. The van der Waals surface area contributed by atoms with Gasteiger partial charge in [0.1, 0.15) is 0 Å². The normalized spacial score (nSPS) is 9.36. The van der Waals surface area contributed by atoms with Crippen molar-refractivity contribution in [2.24, 2.45) is 5.73 Å². The number of aromatic nitrogens is 2. The smallest absolute Gasteiger partial charge is 0.0596 e. The molecule has 64 valence electrons. The van der Waals surface area contributed by atoms with E-state index in [2.05, 4.69) is 11.2 Å². The fourth-order valence-corrected chi connectivity index (χ4v) is 1.02. The van der Waals surface area contributed by atoms with Gasteiger partial charge in [0.25, 0.3) is 0 Å². The van der Waals surface area contributed by atoms with Crippen LogP contribution in [0.15, 0.2) is 6.07 Å². The minimum atomic E-state index is 0. The van der Waals surface area contributed by atoms with Gasteiger partial charge < -0.3 is 5.73 Å². The summed E-state index contributed by atoms with van der Waals surface area (Å²) in [5.41, 5.74) is 7.62. The highest BCUT2D eigenvalue weighted by atomic mass is 35.5. The lowest BCUT2D eigenvalue weighted by Crippen LogP contribution is -2.12. The maximum atomic E-state index is 5.38. The molecule has 1 heterocycles. The van der Waals surface area contributed by atoms with Gasteiger partial charge >= 0.3 is 0 Å². The Balaban J connectivity index is 0.000001000. The van der Waals surface area contributed by atoms with E-state index in [-0.39, 0.29) is 12.4 Å². The van der Waals surface area contributed by atoms with Crippen molar-refractivity contribution in [1.29, 1.82) is 0 Å². The Morgan fingerprint density at radius 1 is 1.55 bits per heavy atom. The number of nitrogens with zero attached hydrogens (tertiary/aromatic N) is 2. The van der Waals surface area contributed by atoms with E-state index in [1.54, 1.807) is 0 Å². The molecule has 0 bridgehead atoms. The lowest BCUT2D eigenvalue weighted by molar-refractivity contribution is 0.604. The first-order valence-corrected chi connectivity index (χ1v) is 3.45. The highest BCUT2D eigenvalue weighted by Crippen LogP contribution is 1.99. The highest BCUT2D eigenvalue weighted by molar-refractivity contribution is 5.85. The van der Waals surface area contributed by atoms with Crippen molar-refractivity contribution in [1.82, 2.24) is 9.78 Å². The molecule has 1 aromatic rings. The average Bonchev–Trinajstić information content (AvgIpc) is 2.13. The summed E-state index contributed by atoms with van der Waals surface area (Å²) in [7, 11) is 0. The zero-order valence-corrected chi connectivity index (χ0v) is 7.69. The monoisotopic (exact) mass is 175 g/mol. The Kier molecular flexibility index (Phi) is 4.15. The Labute approximate surface area is 73.0 Å². The van der Waals surface area contributed by atoms with Crippen molar-refractivity contribution in [3.05, 3.63) is 17.5 Å². The van der Waals surface area contributed by atoms with Crippen LogP contribution >= 0.6 is 12.4 Å². The van der Waals surface area contributed by atoms with Crippen molar-refractivity contribution in [2.45, 2.75) is 20.4 Å². The number of hydrogen-bond donors (Lipinski definition) is 1. The van der Waals surface area contributed by atoms with Gasteiger partial charge in [-0.3, -0.25) is 4.68 Å². The van der Waals surface area contributed by atoms with E-state index >= 15 is 0 Å². The van der Waals surface area contributed by atoms with Crippen molar-refractivity contribution < 1.29 is 0 Å². The first-order valence-electron chi connectivity index (χ1n) is 3.45. The molecule has 0 saturated heterocycles. The van der Waals surface area contributed by atoms with Crippen LogP contribution in [0, 0.1) is 13.8 Å². The van der Waals surface area contributed by atoms with Gasteiger partial charge in [-0.05, 0) is 19.9 Å². The summed E-state index contributed by atoms with van der Waals surface area (Å²) in [4.78, 5) is 0. The Morgan fingerprint density at radius 2 is 2.18 bits per heavy atom. The van der Waals surface area contributed by atoms with Crippen LogP contribution in [0.4, 0.5) is 0 Å². The standard InChI is InChI=1S/C7H13N3.ClH/c1-6-5-7(2)10(9-6)4-3-8;/h5H,3-4,8H2,1-2H3;1H. The zero-order chi connectivity index (χ0) is 7.56. The third-order valence-electron chi connectivity index (χ3n) is 1.44. The summed E-state index contributed by atoms with van der Waals surface area (Å²) in [6, 6.07) is 2.05. The molecule has 0 fully saturated rings. The maximum absolute atomic E-state index is 5.38. The van der Waals surface area contributed by atoms with E-state index in [1.807, 2.05) is 18.5 Å². The SMILES string of the molecule is Cc1cc(C)n(CCN)n1.Cl. The molecular formula is C7H14ClN3. The largest absolute Gasteiger partial charge is 0.329 e. The molecule has 0 radical (unpaired) electrons. The number of halogens is 1. The van der Waals surface area contributed by atoms with Gasteiger partial charge in [0.15, 0.2) is 0 Å². The topological polar surface area (TPSA) is 43.8 Å². The summed E-state index contributed by atoms with van der Waals surface area (Å²) >= 11 is 0. The van der Waals surface area contributed by atoms with Crippen molar-refractivity contribution >= 4 is 12.4 Å². The predicted molar refractivity (Wildman–Crippen MR) is 48.0 cm³/mol. The zero-order valence-electron chi connectivity index (χ0n) is 6.87. The summed E-state index contributed by atoms with van der Waals surface area (Å²) in [6.45, 7) is 5.50. The maximum Gasteiger partial charge on any atom is 0.0596 e. The molecule has 0 spiro atoms. The molecule has 1 aromatic heterocycles. The van der Waals surface area contributed by atoms with Gasteiger partial charge in [-0.25, -0.2) is 0 Å². The van der Waals surface area contributed by atoms with Gasteiger partial charge in [-0.2, -0.15) is 5.10 Å². The summed E-state index contributed by atoms with van der Waals surface area (Å²) in [5.74, 6) is 0. The Hall–Kier alpha value is -0.540. The van der Waals surface area contributed by atoms with Crippen LogP contribution in [0.2, 0.25) is 0 Å². The Morgan fingerprint density at radius 3 is 2.55 bits per heavy atom. The third kappa shape index (κ3) is 2.52. The van der Waals surface area contributed by atoms with Crippen LogP contribution in [-0.2, 0) is 6.54 Å². The van der Waals surface area contributed by atoms with Gasteiger partial charge in [-0.1, -0.05) is 0 Å². The molecule has 0 unspecified atom stereocenters. The predicted octanol–water partition coefficient (Wildman–Crippen LogP) is 0.880. The highest BCUT2D eigenvalue weighted by Gasteiger charge is 1.97. The first-order chi connectivity index (χ1) is 4.74. The summed E-state index contributed by atoms with van der Waals surface area (Å²) < 4.78 is 1.93. The van der Waals surface area contributed by atoms with Crippen molar-refractivity contribution in [2.75, 3.05) is 6.54 Å². The number of rotatable bonds is 2. The van der Waals surface area contributed by atoms with Crippen LogP contribution < -0.4 is 5.73 Å². The molecule has 4 heteroatoms. The van der Waals surface area contributed by atoms with Gasteiger partial charge in [0.05, 0.1) is 12.2 Å². The quantitative estimate of drug-likeness (QED) is 0.726. The molecule has 11 heavy (non-hydrogen) atoms. The molecule has 0 atom stereocenters. The molecule has 0 aliphatic carbocycles. The minimum absolute atomic E-state index is 0. The number of nitrogens with two attached hydrogens (primary N) is 1. The van der Waals surface area contributed by atoms with Crippen LogP contribution in [-0.4, -0.2) is 16.3 Å². The van der Waals surface area contributed by atoms with Crippen LogP contribution in [0.25, 0.3) is 0 Å². The molecular weight excluding hydrogens is 162 g/mol. The fraction of sp³-hybridized carbons (Fsp3) is 0.571. The average molecular weight is 176 g/mol. The molecule has 0 aliphatic rings. The van der Waals surface area contributed by atoms with E-state index < -0.39 is 0 Å². The molecule has 0 aliphatic heterocycles. The van der Waals surface area contributed by atoms with Crippen LogP contribution in [0.3, 0.4) is 0 Å². The number of hydrogen-bond acceptors (Lipinski definition) is 2. The fourth-order valence-electron chi connectivity index (χ4n) is 1.02. The first kappa shape index (κ1) is 10.5. The van der Waals surface area contributed by atoms with Crippen molar-refractivity contribution in [3.63, 3.8) is 0 Å². The van der Waals surface area contributed by atoms with Gasteiger partial charge in [0.2, 0.25) is 0 Å². The second-order valence-electron chi connectivity index (χ2n) is 2.44. The third-order valence-corrected chi connectivity index (χ3v) is 1.44. The van der Waals surface area contributed by atoms with Crippen LogP contribution in [0.1, 0.15) is 11.4 Å². The lowest BCUT2D eigenvalue weighted by Gasteiger charge is -1.98. The van der Waals surface area contributed by atoms with Crippen LogP contribution in [0.5, 0.6) is 0 Å². The Bertz CT molecular complexity index is 219. The molecule has 2 N–H and O–H groups in total. The van der Waals surface area contributed by atoms with E-state index in [0.717, 1.165) is 12.2 Å². The molecule has 1 rings (SSSR count). The second kappa shape index (κ2) is 4.36. The molecule has 0 saturated carbocycles. The minimum Gasteiger partial charge on any atom is -0.329 e.